The van der Waals surface area contributed by atoms with E-state index in [1.165, 1.54) is 31.4 Å². The summed E-state index contributed by atoms with van der Waals surface area (Å²) in [7, 11) is 2.11. The van der Waals surface area contributed by atoms with Gasteiger partial charge in [-0.05, 0) is 51.6 Å². The molecule has 0 amide bonds. The summed E-state index contributed by atoms with van der Waals surface area (Å²) >= 11 is 0. The first-order valence-electron chi connectivity index (χ1n) is 7.88. The van der Waals surface area contributed by atoms with E-state index in [1.54, 1.807) is 0 Å². The predicted molar refractivity (Wildman–Crippen MR) is 80.3 cm³/mol. The zero-order valence-corrected chi connectivity index (χ0v) is 12.9. The molecule has 1 N–H and O–H groups in total. The number of rotatable bonds is 6. The Labute approximate surface area is 117 Å². The zero-order chi connectivity index (χ0) is 13.8. The van der Waals surface area contributed by atoms with Crippen LogP contribution in [0, 0.1) is 18.8 Å². The molecule has 1 aliphatic carbocycles. The lowest BCUT2D eigenvalue weighted by Gasteiger charge is -2.23. The van der Waals surface area contributed by atoms with Gasteiger partial charge < -0.3 is 5.32 Å². The number of hydrogen-bond acceptors (Lipinski definition) is 2. The molecule has 1 saturated carbocycles. The van der Waals surface area contributed by atoms with Crippen LogP contribution in [-0.4, -0.2) is 22.9 Å². The van der Waals surface area contributed by atoms with Crippen LogP contribution in [0.5, 0.6) is 0 Å². The topological polar surface area (TPSA) is 29.9 Å². The minimum atomic E-state index is 0.609. The van der Waals surface area contributed by atoms with Gasteiger partial charge in [0.05, 0.1) is 5.69 Å². The maximum absolute atomic E-state index is 4.56. The normalized spacial score (nSPS) is 24.8. The lowest BCUT2D eigenvalue weighted by Crippen LogP contribution is -2.35. The minimum absolute atomic E-state index is 0.609. The van der Waals surface area contributed by atoms with Crippen molar-refractivity contribution in [2.24, 2.45) is 11.8 Å². The number of likely N-dealkylation sites (N-methyl/N-ethyl adjacent to an activating group) is 1. The Morgan fingerprint density at radius 1 is 1.42 bits per heavy atom. The van der Waals surface area contributed by atoms with Crippen molar-refractivity contribution in [1.29, 1.82) is 0 Å². The molecule has 0 bridgehead atoms. The van der Waals surface area contributed by atoms with E-state index in [0.29, 0.717) is 6.04 Å². The summed E-state index contributed by atoms with van der Waals surface area (Å²) in [6.45, 7) is 7.57. The number of aromatic nitrogens is 2. The molecular weight excluding hydrogens is 234 g/mol. The van der Waals surface area contributed by atoms with E-state index in [4.69, 9.17) is 0 Å². The van der Waals surface area contributed by atoms with E-state index >= 15 is 0 Å². The van der Waals surface area contributed by atoms with Crippen LogP contribution in [0.25, 0.3) is 0 Å². The fraction of sp³-hybridized carbons (Fsp3) is 0.812. The molecule has 3 atom stereocenters. The van der Waals surface area contributed by atoms with Gasteiger partial charge >= 0.3 is 0 Å². The summed E-state index contributed by atoms with van der Waals surface area (Å²) in [5.41, 5.74) is 2.53. The fourth-order valence-corrected chi connectivity index (χ4v) is 3.62. The van der Waals surface area contributed by atoms with Gasteiger partial charge in [0.15, 0.2) is 0 Å². The predicted octanol–water partition coefficient (Wildman–Crippen LogP) is 3.17. The van der Waals surface area contributed by atoms with Crippen LogP contribution < -0.4 is 5.32 Å². The van der Waals surface area contributed by atoms with Crippen molar-refractivity contribution in [3.63, 3.8) is 0 Å². The third-order valence-corrected chi connectivity index (χ3v) is 4.81. The summed E-state index contributed by atoms with van der Waals surface area (Å²) in [5, 5.41) is 8.12. The Hall–Kier alpha value is -0.830. The van der Waals surface area contributed by atoms with Crippen molar-refractivity contribution in [3.8, 4) is 0 Å². The van der Waals surface area contributed by atoms with Gasteiger partial charge in [-0.25, -0.2) is 0 Å². The summed E-state index contributed by atoms with van der Waals surface area (Å²) in [5.74, 6) is 1.80. The Morgan fingerprint density at radius 3 is 2.79 bits per heavy atom. The molecule has 3 nitrogen and oxygen atoms in total. The Bertz CT molecular complexity index is 397. The van der Waals surface area contributed by atoms with Crippen molar-refractivity contribution < 1.29 is 0 Å². The highest BCUT2D eigenvalue weighted by molar-refractivity contribution is 5.11. The Morgan fingerprint density at radius 2 is 2.21 bits per heavy atom. The van der Waals surface area contributed by atoms with Crippen LogP contribution >= 0.6 is 0 Å². The molecule has 1 aromatic rings. The van der Waals surface area contributed by atoms with Crippen LogP contribution in [0.2, 0.25) is 0 Å². The first-order valence-corrected chi connectivity index (χ1v) is 7.88. The molecule has 0 saturated heterocycles. The van der Waals surface area contributed by atoms with Crippen LogP contribution in [0.1, 0.15) is 50.9 Å². The van der Waals surface area contributed by atoms with Gasteiger partial charge in [0.2, 0.25) is 0 Å². The number of nitrogens with one attached hydrogen (secondary N) is 1. The molecule has 19 heavy (non-hydrogen) atoms. The summed E-state index contributed by atoms with van der Waals surface area (Å²) in [6.07, 6.45) is 6.68. The van der Waals surface area contributed by atoms with Gasteiger partial charge in [0.25, 0.3) is 0 Å². The third kappa shape index (κ3) is 3.38. The van der Waals surface area contributed by atoms with Crippen molar-refractivity contribution >= 4 is 0 Å². The second kappa shape index (κ2) is 6.56. The van der Waals surface area contributed by atoms with Crippen LogP contribution in [-0.2, 0) is 13.0 Å². The average Bonchev–Trinajstić information content (AvgIpc) is 3.01. The molecule has 0 radical (unpaired) electrons. The molecule has 1 aromatic heterocycles. The minimum Gasteiger partial charge on any atom is -0.316 e. The fourth-order valence-electron chi connectivity index (χ4n) is 3.62. The SMILES string of the molecule is CCC1CCC(C(Cc2cc(C)nn2CC)NC)C1. The summed E-state index contributed by atoms with van der Waals surface area (Å²) < 4.78 is 2.16. The van der Waals surface area contributed by atoms with E-state index in [0.717, 1.165) is 30.5 Å². The lowest BCUT2D eigenvalue weighted by molar-refractivity contribution is 0.355. The second-order valence-electron chi connectivity index (χ2n) is 6.04. The van der Waals surface area contributed by atoms with Gasteiger partial charge in [-0.3, -0.25) is 4.68 Å². The van der Waals surface area contributed by atoms with Gasteiger partial charge in [-0.15, -0.1) is 0 Å². The molecule has 0 aliphatic heterocycles. The van der Waals surface area contributed by atoms with Crippen molar-refractivity contribution in [1.82, 2.24) is 15.1 Å². The van der Waals surface area contributed by atoms with Crippen molar-refractivity contribution in [2.75, 3.05) is 7.05 Å². The highest BCUT2D eigenvalue weighted by Gasteiger charge is 2.29. The quantitative estimate of drug-likeness (QED) is 0.854. The largest absolute Gasteiger partial charge is 0.316 e. The Kier molecular flexibility index (Phi) is 5.03. The van der Waals surface area contributed by atoms with E-state index in [1.807, 2.05) is 0 Å². The van der Waals surface area contributed by atoms with Crippen LogP contribution in [0.15, 0.2) is 6.07 Å². The van der Waals surface area contributed by atoms with Crippen molar-refractivity contribution in [2.45, 2.75) is 65.5 Å². The number of hydrogen-bond donors (Lipinski definition) is 1. The molecule has 0 spiro atoms. The van der Waals surface area contributed by atoms with Crippen molar-refractivity contribution in [3.05, 3.63) is 17.5 Å². The average molecular weight is 263 g/mol. The first kappa shape index (κ1) is 14.6. The van der Waals surface area contributed by atoms with E-state index in [2.05, 4.69) is 49.0 Å². The number of aryl methyl sites for hydroxylation is 2. The molecule has 3 heteroatoms. The van der Waals surface area contributed by atoms with E-state index in [9.17, 15) is 0 Å². The summed E-state index contributed by atoms with van der Waals surface area (Å²) in [4.78, 5) is 0. The molecule has 0 aromatic carbocycles. The molecule has 108 valence electrons. The monoisotopic (exact) mass is 263 g/mol. The van der Waals surface area contributed by atoms with Gasteiger partial charge in [0.1, 0.15) is 0 Å². The lowest BCUT2D eigenvalue weighted by atomic mass is 9.92. The van der Waals surface area contributed by atoms with Gasteiger partial charge in [0, 0.05) is 24.7 Å². The molecule has 1 aliphatic rings. The zero-order valence-electron chi connectivity index (χ0n) is 12.9. The van der Waals surface area contributed by atoms with Crippen LogP contribution in [0.4, 0.5) is 0 Å². The highest BCUT2D eigenvalue weighted by Crippen LogP contribution is 2.35. The molecule has 1 fully saturated rings. The van der Waals surface area contributed by atoms with Gasteiger partial charge in [-0.2, -0.15) is 5.10 Å². The standard InChI is InChI=1S/C16H29N3/c1-5-13-7-8-14(10-13)16(17-4)11-15-9-12(3)18-19(15)6-2/h9,13-14,16-17H,5-8,10-11H2,1-4H3. The van der Waals surface area contributed by atoms with Gasteiger partial charge in [-0.1, -0.05) is 19.8 Å². The smallest absolute Gasteiger partial charge is 0.0596 e. The maximum atomic E-state index is 4.56. The maximum Gasteiger partial charge on any atom is 0.0596 e. The van der Waals surface area contributed by atoms with E-state index in [-0.39, 0.29) is 0 Å². The second-order valence-corrected chi connectivity index (χ2v) is 6.04. The number of nitrogens with zero attached hydrogens (tertiary/aromatic N) is 2. The first-order chi connectivity index (χ1) is 9.17. The summed E-state index contributed by atoms with van der Waals surface area (Å²) in [6, 6.07) is 2.86. The Balaban J connectivity index is 2.02. The van der Waals surface area contributed by atoms with Crippen LogP contribution in [0.3, 0.4) is 0 Å². The molecular formula is C16H29N3. The molecule has 2 rings (SSSR count). The molecule has 3 unspecified atom stereocenters. The highest BCUT2D eigenvalue weighted by atomic mass is 15.3. The third-order valence-electron chi connectivity index (χ3n) is 4.81. The molecule has 1 heterocycles. The van der Waals surface area contributed by atoms with E-state index < -0.39 is 0 Å².